The Hall–Kier alpha value is -3.40. The quantitative estimate of drug-likeness (QED) is 0.351. The van der Waals surface area contributed by atoms with Crippen molar-refractivity contribution < 1.29 is 38.1 Å². The topological polar surface area (TPSA) is 117 Å². The first kappa shape index (κ1) is 26.8. The normalized spacial score (nSPS) is 10.5. The fourth-order valence-electron chi connectivity index (χ4n) is 3.00. The first-order chi connectivity index (χ1) is 16.2. The summed E-state index contributed by atoms with van der Waals surface area (Å²) in [6.45, 7) is 6.38. The SMILES string of the molecule is CCOC(=O)c1c(CC(C)C)csc1NC(=O)COC(=O)COc1ccc(C(C)=O)cc1OC. The summed E-state index contributed by atoms with van der Waals surface area (Å²) >= 11 is 1.21. The van der Waals surface area contributed by atoms with Crippen LogP contribution in [0.5, 0.6) is 11.5 Å². The molecule has 0 fully saturated rings. The van der Waals surface area contributed by atoms with Gasteiger partial charge < -0.3 is 24.3 Å². The van der Waals surface area contributed by atoms with Crippen molar-refractivity contribution in [3.05, 3.63) is 40.3 Å². The maximum absolute atomic E-state index is 12.4. The molecule has 1 aromatic heterocycles. The van der Waals surface area contributed by atoms with Crippen LogP contribution in [0.1, 0.15) is 54.0 Å². The molecule has 0 spiro atoms. The van der Waals surface area contributed by atoms with E-state index in [-0.39, 0.29) is 18.1 Å². The highest BCUT2D eigenvalue weighted by atomic mass is 32.1. The van der Waals surface area contributed by atoms with Crippen molar-refractivity contribution in [2.45, 2.75) is 34.1 Å². The summed E-state index contributed by atoms with van der Waals surface area (Å²) in [4.78, 5) is 48.3. The molecule has 0 aliphatic rings. The smallest absolute Gasteiger partial charge is 0.344 e. The van der Waals surface area contributed by atoms with Gasteiger partial charge in [0.25, 0.3) is 5.91 Å². The Kier molecular flexibility index (Phi) is 10.1. The van der Waals surface area contributed by atoms with Crippen LogP contribution in [0.25, 0.3) is 0 Å². The minimum atomic E-state index is -0.773. The molecule has 10 heteroatoms. The Balaban J connectivity index is 1.94. The van der Waals surface area contributed by atoms with Crippen molar-refractivity contribution in [3.63, 3.8) is 0 Å². The van der Waals surface area contributed by atoms with E-state index in [2.05, 4.69) is 5.32 Å². The second-order valence-electron chi connectivity index (χ2n) is 7.70. The lowest BCUT2D eigenvalue weighted by atomic mass is 10.0. The van der Waals surface area contributed by atoms with Crippen molar-refractivity contribution in [2.75, 3.05) is 32.2 Å². The van der Waals surface area contributed by atoms with Gasteiger partial charge in [-0.05, 0) is 55.3 Å². The standard InChI is InChI=1S/C24H29NO8S/c1-6-31-24(29)22-17(9-14(2)3)13-34-23(22)25-20(27)11-33-21(28)12-32-18-8-7-16(15(4)26)10-19(18)30-5/h7-8,10,13-14H,6,9,11-12H2,1-5H3,(H,25,27). The number of benzene rings is 1. The maximum atomic E-state index is 12.4. The first-order valence-corrected chi connectivity index (χ1v) is 11.6. The van der Waals surface area contributed by atoms with E-state index in [1.165, 1.54) is 37.5 Å². The predicted molar refractivity (Wildman–Crippen MR) is 127 cm³/mol. The molecule has 184 valence electrons. The number of methoxy groups -OCH3 is 1. The number of nitrogens with one attached hydrogen (secondary N) is 1. The third-order valence-corrected chi connectivity index (χ3v) is 5.45. The van der Waals surface area contributed by atoms with Crippen LogP contribution in [-0.2, 0) is 25.5 Å². The van der Waals surface area contributed by atoms with Crippen LogP contribution in [0.4, 0.5) is 5.00 Å². The molecule has 0 unspecified atom stereocenters. The summed E-state index contributed by atoms with van der Waals surface area (Å²) in [5.74, 6) is -1.16. The molecule has 1 N–H and O–H groups in total. The van der Waals surface area contributed by atoms with E-state index in [0.717, 1.165) is 5.56 Å². The molecule has 9 nitrogen and oxygen atoms in total. The zero-order valence-electron chi connectivity index (χ0n) is 19.9. The van der Waals surface area contributed by atoms with Gasteiger partial charge in [0.1, 0.15) is 5.00 Å². The van der Waals surface area contributed by atoms with Gasteiger partial charge in [-0.15, -0.1) is 11.3 Å². The Morgan fingerprint density at radius 3 is 2.41 bits per heavy atom. The van der Waals surface area contributed by atoms with Gasteiger partial charge in [-0.2, -0.15) is 0 Å². The number of esters is 2. The molecule has 0 atom stereocenters. The number of carbonyl (C=O) groups excluding carboxylic acids is 4. The Morgan fingerprint density at radius 2 is 1.79 bits per heavy atom. The third kappa shape index (κ3) is 7.58. The summed E-state index contributed by atoms with van der Waals surface area (Å²) in [6, 6.07) is 4.57. The van der Waals surface area contributed by atoms with E-state index in [9.17, 15) is 19.2 Å². The Labute approximate surface area is 202 Å². The van der Waals surface area contributed by atoms with Crippen molar-refractivity contribution in [1.82, 2.24) is 0 Å². The highest BCUT2D eigenvalue weighted by Gasteiger charge is 2.22. The molecule has 0 radical (unpaired) electrons. The second kappa shape index (κ2) is 12.7. The lowest BCUT2D eigenvalue weighted by molar-refractivity contribution is -0.149. The summed E-state index contributed by atoms with van der Waals surface area (Å²) in [5.41, 5.74) is 1.56. The number of thiophene rings is 1. The van der Waals surface area contributed by atoms with Crippen LogP contribution >= 0.6 is 11.3 Å². The molecule has 34 heavy (non-hydrogen) atoms. The zero-order valence-corrected chi connectivity index (χ0v) is 20.7. The Bertz CT molecular complexity index is 1040. The molecule has 1 heterocycles. The predicted octanol–water partition coefficient (Wildman–Crippen LogP) is 3.90. The molecule has 1 amide bonds. The number of hydrogen-bond acceptors (Lipinski definition) is 9. The third-order valence-electron chi connectivity index (χ3n) is 4.51. The minimum absolute atomic E-state index is 0.136. The van der Waals surface area contributed by atoms with Gasteiger partial charge >= 0.3 is 11.9 Å². The fourth-order valence-corrected chi connectivity index (χ4v) is 3.97. The van der Waals surface area contributed by atoms with Gasteiger partial charge in [0.05, 0.1) is 19.3 Å². The summed E-state index contributed by atoms with van der Waals surface area (Å²) in [5, 5.41) is 4.78. The van der Waals surface area contributed by atoms with Crippen LogP contribution in [0.3, 0.4) is 0 Å². The van der Waals surface area contributed by atoms with E-state index >= 15 is 0 Å². The zero-order chi connectivity index (χ0) is 25.3. The average molecular weight is 492 g/mol. The van der Waals surface area contributed by atoms with Crippen molar-refractivity contribution in [1.29, 1.82) is 0 Å². The number of ketones is 1. The molecule has 1 aromatic carbocycles. The van der Waals surface area contributed by atoms with Crippen molar-refractivity contribution >= 4 is 40.0 Å². The number of anilines is 1. The monoisotopic (exact) mass is 491 g/mol. The molecule has 2 aromatic rings. The van der Waals surface area contributed by atoms with E-state index in [1.807, 2.05) is 19.2 Å². The first-order valence-electron chi connectivity index (χ1n) is 10.7. The Morgan fingerprint density at radius 1 is 1.06 bits per heavy atom. The van der Waals surface area contributed by atoms with E-state index in [0.29, 0.717) is 34.2 Å². The lowest BCUT2D eigenvalue weighted by Gasteiger charge is -2.12. The summed E-state index contributed by atoms with van der Waals surface area (Å²) in [6.07, 6.45) is 0.656. The number of amides is 1. The van der Waals surface area contributed by atoms with Gasteiger partial charge in [0.2, 0.25) is 0 Å². The number of rotatable bonds is 12. The molecule has 0 saturated heterocycles. The van der Waals surface area contributed by atoms with Gasteiger partial charge in [-0.25, -0.2) is 9.59 Å². The van der Waals surface area contributed by atoms with Crippen molar-refractivity contribution in [3.8, 4) is 11.5 Å². The highest BCUT2D eigenvalue weighted by molar-refractivity contribution is 7.15. The van der Waals surface area contributed by atoms with Crippen LogP contribution in [0.2, 0.25) is 0 Å². The van der Waals surface area contributed by atoms with Crippen LogP contribution < -0.4 is 14.8 Å². The minimum Gasteiger partial charge on any atom is -0.493 e. The molecule has 0 aliphatic carbocycles. The maximum Gasteiger partial charge on any atom is 0.344 e. The molecule has 2 rings (SSSR count). The molecular weight excluding hydrogens is 462 g/mol. The highest BCUT2D eigenvalue weighted by Crippen LogP contribution is 2.31. The molecular formula is C24H29NO8S. The fraction of sp³-hybridized carbons (Fsp3) is 0.417. The molecule has 0 saturated carbocycles. The number of Topliss-reactive ketones (excluding diaryl/α,β-unsaturated/α-hetero) is 1. The second-order valence-corrected chi connectivity index (χ2v) is 8.58. The van der Waals surface area contributed by atoms with Crippen LogP contribution in [0, 0.1) is 5.92 Å². The van der Waals surface area contributed by atoms with Gasteiger partial charge in [-0.1, -0.05) is 13.8 Å². The molecule has 0 aliphatic heterocycles. The van der Waals surface area contributed by atoms with Gasteiger partial charge in [0, 0.05) is 5.56 Å². The van der Waals surface area contributed by atoms with Gasteiger partial charge in [-0.3, -0.25) is 9.59 Å². The van der Waals surface area contributed by atoms with Gasteiger partial charge in [0.15, 0.2) is 30.5 Å². The number of ether oxygens (including phenoxy) is 4. The summed E-state index contributed by atoms with van der Waals surface area (Å²) < 4.78 is 20.7. The number of carbonyl (C=O) groups is 4. The summed E-state index contributed by atoms with van der Waals surface area (Å²) in [7, 11) is 1.41. The van der Waals surface area contributed by atoms with Crippen LogP contribution in [-0.4, -0.2) is 50.6 Å². The van der Waals surface area contributed by atoms with E-state index in [4.69, 9.17) is 18.9 Å². The average Bonchev–Trinajstić information content (AvgIpc) is 3.17. The number of hydrogen-bond donors (Lipinski definition) is 1. The van der Waals surface area contributed by atoms with Crippen molar-refractivity contribution in [2.24, 2.45) is 5.92 Å². The van der Waals surface area contributed by atoms with E-state index in [1.54, 1.807) is 13.0 Å². The molecule has 0 bridgehead atoms. The largest absolute Gasteiger partial charge is 0.493 e. The van der Waals surface area contributed by atoms with Crippen LogP contribution in [0.15, 0.2) is 23.6 Å². The lowest BCUT2D eigenvalue weighted by Crippen LogP contribution is -2.24. The van der Waals surface area contributed by atoms with E-state index < -0.39 is 31.1 Å².